The highest BCUT2D eigenvalue weighted by Crippen LogP contribution is 2.43. The molecule has 1 aromatic heterocycles. The Morgan fingerprint density at radius 1 is 0.333 bits per heavy atom. The fraction of sp³-hybridized carbons (Fsp3) is 0. The second kappa shape index (κ2) is 7.69. The predicted molar refractivity (Wildman–Crippen MR) is 166 cm³/mol. The molecule has 1 heteroatoms. The summed E-state index contributed by atoms with van der Waals surface area (Å²) in [6.45, 7) is 0. The second-order valence-corrected chi connectivity index (χ2v) is 10.5. The number of rotatable bonds is 2. The first-order valence-electron chi connectivity index (χ1n) is 13.4. The van der Waals surface area contributed by atoms with Crippen LogP contribution in [0.15, 0.2) is 138 Å². The summed E-state index contributed by atoms with van der Waals surface area (Å²) in [6.07, 6.45) is 0. The van der Waals surface area contributed by atoms with Crippen LogP contribution in [0.5, 0.6) is 0 Å². The molecule has 1 heterocycles. The van der Waals surface area contributed by atoms with Crippen molar-refractivity contribution in [3.63, 3.8) is 0 Å². The Hall–Kier alpha value is -5.14. The molecule has 0 aliphatic heterocycles. The summed E-state index contributed by atoms with van der Waals surface area (Å²) in [5, 5.41) is 12.7. The number of furan rings is 1. The summed E-state index contributed by atoms with van der Waals surface area (Å²) in [4.78, 5) is 0. The zero-order valence-electron chi connectivity index (χ0n) is 21.1. The van der Waals surface area contributed by atoms with E-state index in [0.29, 0.717) is 0 Å². The van der Waals surface area contributed by atoms with Gasteiger partial charge in [0.05, 0.1) is 0 Å². The summed E-state index contributed by atoms with van der Waals surface area (Å²) < 4.78 is 6.11. The van der Waals surface area contributed by atoms with E-state index < -0.39 is 0 Å². The highest BCUT2D eigenvalue weighted by Gasteiger charge is 2.16. The van der Waals surface area contributed by atoms with Gasteiger partial charge in [-0.1, -0.05) is 109 Å². The molecule has 0 atom stereocenters. The molecule has 0 N–H and O–H groups in total. The van der Waals surface area contributed by atoms with Crippen molar-refractivity contribution in [3.05, 3.63) is 133 Å². The lowest BCUT2D eigenvalue weighted by molar-refractivity contribution is 0.669. The molecule has 0 amide bonds. The van der Waals surface area contributed by atoms with E-state index in [2.05, 4.69) is 121 Å². The Kier molecular flexibility index (Phi) is 4.11. The van der Waals surface area contributed by atoms with Gasteiger partial charge in [0.1, 0.15) is 11.2 Å². The molecule has 0 aliphatic carbocycles. The number of para-hydroxylation sites is 1. The van der Waals surface area contributed by atoms with E-state index in [-0.39, 0.29) is 0 Å². The molecule has 0 radical (unpaired) electrons. The third-order valence-electron chi connectivity index (χ3n) is 8.41. The van der Waals surface area contributed by atoms with E-state index in [0.717, 1.165) is 21.9 Å². The van der Waals surface area contributed by atoms with Gasteiger partial charge in [-0.25, -0.2) is 0 Å². The van der Waals surface area contributed by atoms with Crippen LogP contribution in [0.1, 0.15) is 0 Å². The zero-order chi connectivity index (χ0) is 25.5. The Morgan fingerprint density at radius 3 is 1.67 bits per heavy atom. The molecule has 9 aromatic rings. The lowest BCUT2D eigenvalue weighted by atomic mass is 9.87. The molecule has 0 unspecified atom stereocenters. The highest BCUT2D eigenvalue weighted by atomic mass is 16.3. The van der Waals surface area contributed by atoms with Crippen molar-refractivity contribution in [2.75, 3.05) is 0 Å². The summed E-state index contributed by atoms with van der Waals surface area (Å²) in [7, 11) is 0. The summed E-state index contributed by atoms with van der Waals surface area (Å²) in [5.74, 6) is 0. The predicted octanol–water partition coefficient (Wildman–Crippen LogP) is 11.0. The molecule has 180 valence electrons. The van der Waals surface area contributed by atoms with Crippen LogP contribution < -0.4 is 0 Å². The molecule has 0 saturated heterocycles. The van der Waals surface area contributed by atoms with Crippen LogP contribution in [-0.2, 0) is 0 Å². The van der Waals surface area contributed by atoms with Gasteiger partial charge in [0.2, 0.25) is 0 Å². The standard InChI is InChI=1S/C38H22O/c1-2-6-26-21-27(10-9-23(26)5-1)29-16-11-24-14-19-33-30(17-12-25-13-18-32(29)37(24)38(25)33)28-15-20-36-34(22-28)31-7-3-4-8-35(31)39-36/h1-22H. The van der Waals surface area contributed by atoms with E-state index in [9.17, 15) is 0 Å². The quantitative estimate of drug-likeness (QED) is 0.218. The third kappa shape index (κ3) is 2.96. The minimum atomic E-state index is 0.928. The molecule has 0 bridgehead atoms. The van der Waals surface area contributed by atoms with E-state index in [4.69, 9.17) is 4.42 Å². The lowest BCUT2D eigenvalue weighted by Gasteiger charge is -2.17. The van der Waals surface area contributed by atoms with Crippen LogP contribution in [0.3, 0.4) is 0 Å². The van der Waals surface area contributed by atoms with Gasteiger partial charge >= 0.3 is 0 Å². The van der Waals surface area contributed by atoms with Crippen LogP contribution in [0.4, 0.5) is 0 Å². The van der Waals surface area contributed by atoms with Crippen molar-refractivity contribution in [1.29, 1.82) is 0 Å². The first kappa shape index (κ1) is 20.9. The number of benzene rings is 8. The van der Waals surface area contributed by atoms with Gasteiger partial charge in [0.15, 0.2) is 0 Å². The molecule has 0 saturated carbocycles. The van der Waals surface area contributed by atoms with Crippen LogP contribution in [0.25, 0.3) is 87.3 Å². The highest BCUT2D eigenvalue weighted by molar-refractivity contribution is 6.27. The Balaban J connectivity index is 1.32. The fourth-order valence-electron chi connectivity index (χ4n) is 6.55. The van der Waals surface area contributed by atoms with Crippen molar-refractivity contribution >= 4 is 65.0 Å². The van der Waals surface area contributed by atoms with Crippen molar-refractivity contribution in [2.24, 2.45) is 0 Å². The maximum Gasteiger partial charge on any atom is 0.135 e. The van der Waals surface area contributed by atoms with Crippen molar-refractivity contribution in [2.45, 2.75) is 0 Å². The first-order valence-corrected chi connectivity index (χ1v) is 13.4. The Labute approximate surface area is 224 Å². The number of fused-ring (bicyclic) bond motifs is 4. The van der Waals surface area contributed by atoms with Gasteiger partial charge < -0.3 is 4.42 Å². The molecular formula is C38H22O. The van der Waals surface area contributed by atoms with Crippen molar-refractivity contribution < 1.29 is 4.42 Å². The van der Waals surface area contributed by atoms with Crippen LogP contribution in [0.2, 0.25) is 0 Å². The van der Waals surface area contributed by atoms with Crippen LogP contribution in [0, 0.1) is 0 Å². The topological polar surface area (TPSA) is 13.1 Å². The Bertz CT molecular complexity index is 2390. The van der Waals surface area contributed by atoms with E-state index in [1.165, 1.54) is 65.3 Å². The van der Waals surface area contributed by atoms with Crippen molar-refractivity contribution in [1.82, 2.24) is 0 Å². The SMILES string of the molecule is c1ccc2cc(-c3ccc4ccc5c(-c6ccc7oc8ccccc8c7c6)ccc6ccc3c4c65)ccc2c1. The van der Waals surface area contributed by atoms with Gasteiger partial charge in [-0.15, -0.1) is 0 Å². The van der Waals surface area contributed by atoms with Crippen LogP contribution in [-0.4, -0.2) is 0 Å². The lowest BCUT2D eigenvalue weighted by Crippen LogP contribution is -1.89. The largest absolute Gasteiger partial charge is 0.456 e. The van der Waals surface area contributed by atoms with Crippen LogP contribution >= 0.6 is 0 Å². The maximum atomic E-state index is 6.11. The maximum absolute atomic E-state index is 6.11. The Morgan fingerprint density at radius 2 is 0.897 bits per heavy atom. The molecular weight excluding hydrogens is 472 g/mol. The van der Waals surface area contributed by atoms with E-state index in [1.54, 1.807) is 0 Å². The molecule has 8 aromatic carbocycles. The summed E-state index contributed by atoms with van der Waals surface area (Å²) in [6, 6.07) is 48.5. The fourth-order valence-corrected chi connectivity index (χ4v) is 6.55. The molecule has 9 rings (SSSR count). The van der Waals surface area contributed by atoms with E-state index >= 15 is 0 Å². The van der Waals surface area contributed by atoms with Gasteiger partial charge in [-0.3, -0.25) is 0 Å². The number of hydrogen-bond donors (Lipinski definition) is 0. The van der Waals surface area contributed by atoms with Gasteiger partial charge in [-0.05, 0) is 89.6 Å². The molecule has 0 aliphatic rings. The van der Waals surface area contributed by atoms with Crippen molar-refractivity contribution in [3.8, 4) is 22.3 Å². The molecule has 1 nitrogen and oxygen atoms in total. The zero-order valence-corrected chi connectivity index (χ0v) is 21.1. The summed E-state index contributed by atoms with van der Waals surface area (Å²) in [5.41, 5.74) is 6.85. The number of hydrogen-bond acceptors (Lipinski definition) is 1. The normalized spacial score (nSPS) is 12.1. The smallest absolute Gasteiger partial charge is 0.135 e. The average molecular weight is 495 g/mol. The average Bonchev–Trinajstić information content (AvgIpc) is 3.37. The third-order valence-corrected chi connectivity index (χ3v) is 8.41. The van der Waals surface area contributed by atoms with Gasteiger partial charge in [0.25, 0.3) is 0 Å². The summed E-state index contributed by atoms with van der Waals surface area (Å²) >= 11 is 0. The van der Waals surface area contributed by atoms with Gasteiger partial charge in [0, 0.05) is 10.8 Å². The molecule has 0 fully saturated rings. The molecule has 0 spiro atoms. The molecule has 39 heavy (non-hydrogen) atoms. The van der Waals surface area contributed by atoms with E-state index in [1.807, 2.05) is 12.1 Å². The monoisotopic (exact) mass is 494 g/mol. The minimum absolute atomic E-state index is 0.928. The first-order chi connectivity index (χ1) is 19.3. The van der Waals surface area contributed by atoms with Gasteiger partial charge in [-0.2, -0.15) is 0 Å². The minimum Gasteiger partial charge on any atom is -0.456 e. The second-order valence-electron chi connectivity index (χ2n) is 10.5.